The van der Waals surface area contributed by atoms with E-state index >= 15 is 0 Å². The molecule has 4 aromatic rings. The van der Waals surface area contributed by atoms with Crippen LogP contribution in [0.25, 0.3) is 26.9 Å². The highest BCUT2D eigenvalue weighted by molar-refractivity contribution is 5.93. The minimum absolute atomic E-state index is 0.433. The van der Waals surface area contributed by atoms with Crippen LogP contribution < -0.4 is 10.6 Å². The first kappa shape index (κ1) is 23.5. The molecule has 182 valence electrons. The molecular weight excluding hydrogens is 450 g/mol. The van der Waals surface area contributed by atoms with Crippen LogP contribution in [0.5, 0.6) is 0 Å². The molecule has 1 fully saturated rings. The van der Waals surface area contributed by atoms with Crippen LogP contribution >= 0.6 is 0 Å². The minimum atomic E-state index is -0.433. The standard InChI is InChI=1S/C28H29N7O/c1-30-24-9-10-26-25(16-24)22(17-31-26)4-2-3-11-34-12-14-35(15-13-34)28-32-18-23(19-33-28)20-5-7-21(8-6-20)27(29)36/h5-10,16-19,31H,2-4,11-15H2,(H2,29,36). The Labute approximate surface area is 210 Å². The first-order chi connectivity index (χ1) is 17.6. The number of amides is 1. The highest BCUT2D eigenvalue weighted by Crippen LogP contribution is 2.25. The summed E-state index contributed by atoms with van der Waals surface area (Å²) in [5.41, 5.74) is 10.8. The lowest BCUT2D eigenvalue weighted by molar-refractivity contribution is 0.100. The molecule has 0 bridgehead atoms. The van der Waals surface area contributed by atoms with Crippen LogP contribution in [0.4, 0.5) is 11.6 Å². The van der Waals surface area contributed by atoms with Gasteiger partial charge in [-0.15, -0.1) is 0 Å². The van der Waals surface area contributed by atoms with E-state index in [-0.39, 0.29) is 0 Å². The van der Waals surface area contributed by atoms with E-state index in [1.54, 1.807) is 12.1 Å². The Hall–Kier alpha value is -4.22. The molecule has 3 N–H and O–H groups in total. The summed E-state index contributed by atoms with van der Waals surface area (Å²) in [7, 11) is 0. The average molecular weight is 480 g/mol. The maximum Gasteiger partial charge on any atom is 0.248 e. The van der Waals surface area contributed by atoms with Gasteiger partial charge in [-0.3, -0.25) is 9.69 Å². The van der Waals surface area contributed by atoms with Crippen LogP contribution in [-0.2, 0) is 6.42 Å². The fourth-order valence-electron chi connectivity index (χ4n) is 4.73. The lowest BCUT2D eigenvalue weighted by Crippen LogP contribution is -2.47. The second-order valence-corrected chi connectivity index (χ2v) is 9.15. The first-order valence-electron chi connectivity index (χ1n) is 12.3. The molecule has 0 atom stereocenters. The van der Waals surface area contributed by atoms with Crippen molar-refractivity contribution in [2.45, 2.75) is 19.3 Å². The quantitative estimate of drug-likeness (QED) is 0.288. The predicted octanol–water partition coefficient (Wildman–Crippen LogP) is 4.42. The summed E-state index contributed by atoms with van der Waals surface area (Å²) in [6.45, 7) is 12.2. The Morgan fingerprint density at radius 2 is 1.75 bits per heavy atom. The number of nitrogens with zero attached hydrogens (tertiary/aromatic N) is 5. The molecule has 2 aromatic carbocycles. The zero-order valence-electron chi connectivity index (χ0n) is 20.2. The monoisotopic (exact) mass is 479 g/mol. The number of unbranched alkanes of at least 4 members (excludes halogenated alkanes) is 1. The fraction of sp³-hybridized carbons (Fsp3) is 0.286. The number of H-pyrrole nitrogens is 1. The number of fused-ring (bicyclic) bond motifs is 1. The molecule has 0 aliphatic carbocycles. The molecule has 1 amide bonds. The Morgan fingerprint density at radius 3 is 2.44 bits per heavy atom. The number of anilines is 1. The van der Waals surface area contributed by atoms with E-state index in [1.165, 1.54) is 10.9 Å². The minimum Gasteiger partial charge on any atom is -0.366 e. The average Bonchev–Trinajstić information content (AvgIpc) is 3.33. The van der Waals surface area contributed by atoms with Crippen molar-refractivity contribution >= 4 is 28.4 Å². The first-order valence-corrected chi connectivity index (χ1v) is 12.3. The van der Waals surface area contributed by atoms with Gasteiger partial charge in [0, 0.05) is 61.4 Å². The third kappa shape index (κ3) is 5.21. The van der Waals surface area contributed by atoms with E-state index in [9.17, 15) is 4.79 Å². The summed E-state index contributed by atoms with van der Waals surface area (Å²) in [4.78, 5) is 32.0. The topological polar surface area (TPSA) is 95.5 Å². The molecule has 3 heterocycles. The van der Waals surface area contributed by atoms with Gasteiger partial charge >= 0.3 is 0 Å². The number of rotatable bonds is 8. The van der Waals surface area contributed by atoms with Gasteiger partial charge in [0.15, 0.2) is 5.69 Å². The summed E-state index contributed by atoms with van der Waals surface area (Å²) in [5, 5.41) is 1.17. The van der Waals surface area contributed by atoms with Crippen LogP contribution in [0.2, 0.25) is 0 Å². The smallest absolute Gasteiger partial charge is 0.248 e. The molecule has 36 heavy (non-hydrogen) atoms. The van der Waals surface area contributed by atoms with Crippen molar-refractivity contribution in [1.82, 2.24) is 19.9 Å². The van der Waals surface area contributed by atoms with Crippen LogP contribution in [0.15, 0.2) is 61.1 Å². The van der Waals surface area contributed by atoms with Gasteiger partial charge in [0.2, 0.25) is 11.9 Å². The van der Waals surface area contributed by atoms with Gasteiger partial charge in [-0.2, -0.15) is 0 Å². The second-order valence-electron chi connectivity index (χ2n) is 9.15. The number of aromatic amines is 1. The number of nitrogens with two attached hydrogens (primary N) is 1. The van der Waals surface area contributed by atoms with Crippen molar-refractivity contribution in [2.75, 3.05) is 37.6 Å². The molecule has 2 aromatic heterocycles. The molecule has 0 saturated carbocycles. The van der Waals surface area contributed by atoms with Crippen LogP contribution in [0.1, 0.15) is 28.8 Å². The number of primary amides is 1. The maximum atomic E-state index is 11.3. The van der Waals surface area contributed by atoms with Gasteiger partial charge in [-0.1, -0.05) is 18.2 Å². The largest absolute Gasteiger partial charge is 0.366 e. The molecule has 5 rings (SSSR count). The lowest BCUT2D eigenvalue weighted by atomic mass is 10.1. The van der Waals surface area contributed by atoms with E-state index in [0.29, 0.717) is 11.3 Å². The molecule has 8 heteroatoms. The summed E-state index contributed by atoms with van der Waals surface area (Å²) >= 11 is 0. The van der Waals surface area contributed by atoms with Crippen molar-refractivity contribution in [1.29, 1.82) is 0 Å². The maximum absolute atomic E-state index is 11.3. The van der Waals surface area contributed by atoms with Crippen molar-refractivity contribution in [3.05, 3.63) is 83.6 Å². The molecule has 0 spiro atoms. The number of carbonyl (C=O) groups excluding carboxylic acids is 1. The van der Waals surface area contributed by atoms with E-state index in [2.05, 4.69) is 35.8 Å². The number of nitrogens with one attached hydrogen (secondary N) is 1. The Bertz CT molecular complexity index is 1380. The third-order valence-corrected chi connectivity index (χ3v) is 6.85. The van der Waals surface area contributed by atoms with Crippen LogP contribution in [0, 0.1) is 6.57 Å². The van der Waals surface area contributed by atoms with E-state index in [1.807, 2.05) is 42.7 Å². The predicted molar refractivity (Wildman–Crippen MR) is 142 cm³/mol. The molecule has 1 aliphatic heterocycles. The van der Waals surface area contributed by atoms with Gasteiger partial charge in [-0.25, -0.2) is 14.8 Å². The number of hydrogen-bond donors (Lipinski definition) is 2. The lowest BCUT2D eigenvalue weighted by Gasteiger charge is -2.34. The number of aryl methyl sites for hydroxylation is 1. The van der Waals surface area contributed by atoms with Crippen molar-refractivity contribution in [2.24, 2.45) is 5.73 Å². The SMILES string of the molecule is [C-]#[N+]c1ccc2[nH]cc(CCCCN3CCN(c4ncc(-c5ccc(C(N)=O)cc5)cn4)CC3)c2c1. The molecule has 8 nitrogen and oxygen atoms in total. The van der Waals surface area contributed by atoms with Gasteiger partial charge < -0.3 is 15.6 Å². The number of carbonyl (C=O) groups is 1. The zero-order valence-corrected chi connectivity index (χ0v) is 20.2. The number of benzene rings is 2. The summed E-state index contributed by atoms with van der Waals surface area (Å²) in [6.07, 6.45) is 9.04. The van der Waals surface area contributed by atoms with E-state index in [0.717, 1.165) is 74.6 Å². The van der Waals surface area contributed by atoms with Crippen molar-refractivity contribution in [3.8, 4) is 11.1 Å². The Morgan fingerprint density at radius 1 is 1.00 bits per heavy atom. The zero-order chi connectivity index (χ0) is 24.9. The van der Waals surface area contributed by atoms with Crippen molar-refractivity contribution < 1.29 is 4.79 Å². The van der Waals surface area contributed by atoms with Crippen molar-refractivity contribution in [3.63, 3.8) is 0 Å². The molecule has 1 saturated heterocycles. The Balaban J connectivity index is 1.08. The van der Waals surface area contributed by atoms with E-state index in [4.69, 9.17) is 12.3 Å². The summed E-state index contributed by atoms with van der Waals surface area (Å²) < 4.78 is 0. The number of aromatic nitrogens is 3. The summed E-state index contributed by atoms with van der Waals surface area (Å²) in [6, 6.07) is 13.0. The van der Waals surface area contributed by atoms with Gasteiger partial charge in [0.1, 0.15) is 0 Å². The fourth-order valence-corrected chi connectivity index (χ4v) is 4.73. The molecular formula is C28H29N7O. The normalized spacial score (nSPS) is 14.1. The number of piperazine rings is 1. The molecule has 0 radical (unpaired) electrons. The van der Waals surface area contributed by atoms with E-state index < -0.39 is 5.91 Å². The van der Waals surface area contributed by atoms with Gasteiger partial charge in [0.05, 0.1) is 6.57 Å². The Kier molecular flexibility index (Phi) is 6.92. The highest BCUT2D eigenvalue weighted by Gasteiger charge is 2.18. The van der Waals surface area contributed by atoms with Gasteiger partial charge in [-0.05, 0) is 66.6 Å². The third-order valence-electron chi connectivity index (χ3n) is 6.85. The molecule has 1 aliphatic rings. The molecule has 0 unspecified atom stereocenters. The van der Waals surface area contributed by atoms with Gasteiger partial charge in [0.25, 0.3) is 0 Å². The second kappa shape index (κ2) is 10.6. The number of hydrogen-bond acceptors (Lipinski definition) is 5. The summed E-state index contributed by atoms with van der Waals surface area (Å²) in [5.74, 6) is 0.322. The highest BCUT2D eigenvalue weighted by atomic mass is 16.1. The van der Waals surface area contributed by atoms with Crippen LogP contribution in [-0.4, -0.2) is 58.5 Å². The van der Waals surface area contributed by atoms with Crippen LogP contribution in [0.3, 0.4) is 0 Å².